The first-order chi connectivity index (χ1) is 6.77. The lowest BCUT2D eigenvalue weighted by atomic mass is 9.93. The number of alkyl halides is 1. The third-order valence-corrected chi connectivity index (χ3v) is 4.41. The lowest BCUT2D eigenvalue weighted by molar-refractivity contribution is 0.148. The zero-order chi connectivity index (χ0) is 10.4. The highest BCUT2D eigenvalue weighted by molar-refractivity contribution is 9.09. The van der Waals surface area contributed by atoms with Crippen LogP contribution in [-0.4, -0.2) is 29.4 Å². The predicted molar refractivity (Wildman–Crippen MR) is 67.1 cm³/mol. The van der Waals surface area contributed by atoms with E-state index in [9.17, 15) is 0 Å². The summed E-state index contributed by atoms with van der Waals surface area (Å²) >= 11 is 3.57. The molecule has 1 fully saturated rings. The van der Waals surface area contributed by atoms with E-state index in [1.807, 2.05) is 0 Å². The van der Waals surface area contributed by atoms with Gasteiger partial charge in [-0.25, -0.2) is 0 Å². The summed E-state index contributed by atoms with van der Waals surface area (Å²) < 4.78 is 0. The summed E-state index contributed by atoms with van der Waals surface area (Å²) in [5.41, 5.74) is 0. The Morgan fingerprint density at radius 3 is 2.43 bits per heavy atom. The van der Waals surface area contributed by atoms with Crippen molar-refractivity contribution in [2.24, 2.45) is 5.92 Å². The van der Waals surface area contributed by atoms with E-state index in [1.165, 1.54) is 45.2 Å². The van der Waals surface area contributed by atoms with Crippen LogP contribution in [0.2, 0.25) is 0 Å². The first-order valence-electron chi connectivity index (χ1n) is 6.08. The minimum absolute atomic E-state index is 0.789. The molecule has 0 aromatic carbocycles. The molecule has 0 aromatic heterocycles. The minimum Gasteiger partial charge on any atom is -0.300 e. The fourth-order valence-electron chi connectivity index (χ4n) is 2.43. The predicted octanol–water partition coefficient (Wildman–Crippen LogP) is 3.67. The second kappa shape index (κ2) is 6.84. The molecule has 1 unspecified atom stereocenters. The third-order valence-electron chi connectivity index (χ3n) is 3.31. The summed E-state index contributed by atoms with van der Waals surface area (Å²) in [6, 6.07) is 0.884. The Kier molecular flexibility index (Phi) is 6.11. The van der Waals surface area contributed by atoms with Crippen LogP contribution >= 0.6 is 15.9 Å². The molecule has 0 aliphatic heterocycles. The van der Waals surface area contributed by atoms with E-state index in [1.54, 1.807) is 0 Å². The molecule has 1 atom stereocenters. The molecule has 1 aliphatic carbocycles. The standard InChI is InChI=1S/C12H24BrN/c1-3-14(10-11(2)9-13)12-7-5-4-6-8-12/h11-12H,3-10H2,1-2H3. The first-order valence-corrected chi connectivity index (χ1v) is 7.20. The average Bonchev–Trinajstić information content (AvgIpc) is 2.26. The molecule has 0 aromatic rings. The number of halogens is 1. The third kappa shape index (κ3) is 3.90. The van der Waals surface area contributed by atoms with E-state index >= 15 is 0 Å². The van der Waals surface area contributed by atoms with Gasteiger partial charge in [0, 0.05) is 17.9 Å². The monoisotopic (exact) mass is 261 g/mol. The normalized spacial score (nSPS) is 21.4. The molecule has 0 bridgehead atoms. The van der Waals surface area contributed by atoms with Crippen LogP contribution in [0.5, 0.6) is 0 Å². The fraction of sp³-hybridized carbons (Fsp3) is 1.00. The second-order valence-electron chi connectivity index (χ2n) is 4.64. The average molecular weight is 262 g/mol. The molecular formula is C12H24BrN. The molecule has 1 nitrogen and oxygen atoms in total. The quantitative estimate of drug-likeness (QED) is 0.683. The van der Waals surface area contributed by atoms with Gasteiger partial charge in [-0.05, 0) is 25.3 Å². The molecule has 1 rings (SSSR count). The lowest BCUT2D eigenvalue weighted by Gasteiger charge is -2.34. The molecular weight excluding hydrogens is 238 g/mol. The van der Waals surface area contributed by atoms with Gasteiger partial charge in [0.25, 0.3) is 0 Å². The molecule has 2 heteroatoms. The minimum atomic E-state index is 0.789. The zero-order valence-electron chi connectivity index (χ0n) is 9.64. The van der Waals surface area contributed by atoms with Gasteiger partial charge in [0.15, 0.2) is 0 Å². The van der Waals surface area contributed by atoms with E-state index in [0.717, 1.165) is 17.3 Å². The smallest absolute Gasteiger partial charge is 0.00952 e. The molecule has 1 saturated carbocycles. The van der Waals surface area contributed by atoms with Crippen LogP contribution in [0.3, 0.4) is 0 Å². The van der Waals surface area contributed by atoms with Gasteiger partial charge < -0.3 is 4.90 Å². The number of rotatable bonds is 5. The molecule has 0 saturated heterocycles. The highest BCUT2D eigenvalue weighted by Crippen LogP contribution is 2.23. The van der Waals surface area contributed by atoms with Gasteiger partial charge in [0.05, 0.1) is 0 Å². The van der Waals surface area contributed by atoms with Gasteiger partial charge in [-0.1, -0.05) is 49.0 Å². The van der Waals surface area contributed by atoms with Crippen LogP contribution in [0.25, 0.3) is 0 Å². The van der Waals surface area contributed by atoms with Crippen LogP contribution in [0.4, 0.5) is 0 Å². The summed E-state index contributed by atoms with van der Waals surface area (Å²) in [6.07, 6.45) is 7.22. The number of nitrogens with zero attached hydrogens (tertiary/aromatic N) is 1. The summed E-state index contributed by atoms with van der Waals surface area (Å²) in [6.45, 7) is 7.13. The van der Waals surface area contributed by atoms with Gasteiger partial charge in [0.2, 0.25) is 0 Å². The van der Waals surface area contributed by atoms with Crippen molar-refractivity contribution in [3.63, 3.8) is 0 Å². The van der Waals surface area contributed by atoms with Gasteiger partial charge >= 0.3 is 0 Å². The maximum absolute atomic E-state index is 3.57. The Labute approximate surface area is 97.4 Å². The summed E-state index contributed by atoms with van der Waals surface area (Å²) in [7, 11) is 0. The van der Waals surface area contributed by atoms with Crippen LogP contribution in [0, 0.1) is 5.92 Å². The van der Waals surface area contributed by atoms with Crippen LogP contribution < -0.4 is 0 Å². The molecule has 84 valence electrons. The molecule has 14 heavy (non-hydrogen) atoms. The van der Waals surface area contributed by atoms with Gasteiger partial charge in [0.1, 0.15) is 0 Å². The topological polar surface area (TPSA) is 3.24 Å². The van der Waals surface area contributed by atoms with Crippen LogP contribution in [0.15, 0.2) is 0 Å². The summed E-state index contributed by atoms with van der Waals surface area (Å²) in [5.74, 6) is 0.789. The first kappa shape index (κ1) is 12.5. The number of hydrogen-bond donors (Lipinski definition) is 0. The Balaban J connectivity index is 2.35. The van der Waals surface area contributed by atoms with Crippen molar-refractivity contribution < 1.29 is 0 Å². The van der Waals surface area contributed by atoms with Crippen LogP contribution in [-0.2, 0) is 0 Å². The molecule has 0 spiro atoms. The summed E-state index contributed by atoms with van der Waals surface area (Å²) in [5, 5.41) is 1.14. The lowest BCUT2D eigenvalue weighted by Crippen LogP contribution is -2.39. The Morgan fingerprint density at radius 1 is 1.29 bits per heavy atom. The van der Waals surface area contributed by atoms with Crippen LogP contribution in [0.1, 0.15) is 46.0 Å². The van der Waals surface area contributed by atoms with Crippen molar-refractivity contribution in [3.05, 3.63) is 0 Å². The molecule has 0 radical (unpaired) electrons. The molecule has 0 N–H and O–H groups in total. The molecule has 0 amide bonds. The highest BCUT2D eigenvalue weighted by atomic mass is 79.9. The van der Waals surface area contributed by atoms with Gasteiger partial charge in [-0.2, -0.15) is 0 Å². The molecule has 1 aliphatic rings. The van der Waals surface area contributed by atoms with Crippen molar-refractivity contribution in [2.45, 2.75) is 52.0 Å². The fourth-order valence-corrected chi connectivity index (χ4v) is 2.64. The van der Waals surface area contributed by atoms with Crippen molar-refractivity contribution in [1.82, 2.24) is 4.90 Å². The second-order valence-corrected chi connectivity index (χ2v) is 5.29. The SMILES string of the molecule is CCN(CC(C)CBr)C1CCCCC1. The largest absolute Gasteiger partial charge is 0.300 e. The Hall–Kier alpha value is 0.440. The van der Waals surface area contributed by atoms with Gasteiger partial charge in [-0.3, -0.25) is 0 Å². The van der Waals surface area contributed by atoms with E-state index in [0.29, 0.717) is 0 Å². The molecule has 0 heterocycles. The van der Waals surface area contributed by atoms with Gasteiger partial charge in [-0.15, -0.1) is 0 Å². The maximum Gasteiger partial charge on any atom is 0.00952 e. The van der Waals surface area contributed by atoms with E-state index in [4.69, 9.17) is 0 Å². The number of hydrogen-bond acceptors (Lipinski definition) is 1. The van der Waals surface area contributed by atoms with E-state index in [-0.39, 0.29) is 0 Å². The maximum atomic E-state index is 3.57. The van der Waals surface area contributed by atoms with E-state index in [2.05, 4.69) is 34.7 Å². The summed E-state index contributed by atoms with van der Waals surface area (Å²) in [4.78, 5) is 2.69. The van der Waals surface area contributed by atoms with Crippen molar-refractivity contribution in [3.8, 4) is 0 Å². The Bertz CT molecular complexity index is 143. The highest BCUT2D eigenvalue weighted by Gasteiger charge is 2.20. The van der Waals surface area contributed by atoms with E-state index < -0.39 is 0 Å². The van der Waals surface area contributed by atoms with Crippen molar-refractivity contribution in [1.29, 1.82) is 0 Å². The Morgan fingerprint density at radius 2 is 1.93 bits per heavy atom. The van der Waals surface area contributed by atoms with Crippen molar-refractivity contribution >= 4 is 15.9 Å². The zero-order valence-corrected chi connectivity index (χ0v) is 11.2. The van der Waals surface area contributed by atoms with Crippen molar-refractivity contribution in [2.75, 3.05) is 18.4 Å².